The van der Waals surface area contributed by atoms with E-state index in [0.717, 1.165) is 5.69 Å². The van der Waals surface area contributed by atoms with Gasteiger partial charge in [-0.05, 0) is 24.3 Å². The van der Waals surface area contributed by atoms with Crippen molar-refractivity contribution in [3.8, 4) is 0 Å². The van der Waals surface area contributed by atoms with E-state index in [1.54, 1.807) is 29.2 Å². The lowest BCUT2D eigenvalue weighted by Crippen LogP contribution is -2.29. The van der Waals surface area contributed by atoms with Crippen molar-refractivity contribution < 1.29 is 15.0 Å². The molecular formula is C11H12ClNO3. The van der Waals surface area contributed by atoms with Gasteiger partial charge < -0.3 is 15.1 Å². The molecule has 1 saturated heterocycles. The molecule has 0 aliphatic carbocycles. The van der Waals surface area contributed by atoms with Crippen molar-refractivity contribution in [2.75, 3.05) is 11.4 Å². The van der Waals surface area contributed by atoms with Crippen LogP contribution in [0.3, 0.4) is 0 Å². The van der Waals surface area contributed by atoms with Crippen LogP contribution in [0.5, 0.6) is 0 Å². The predicted molar refractivity (Wildman–Crippen MR) is 60.5 cm³/mol. The van der Waals surface area contributed by atoms with Crippen molar-refractivity contribution in [3.05, 3.63) is 29.3 Å². The molecule has 2 rings (SSSR count). The highest BCUT2D eigenvalue weighted by atomic mass is 35.5. The van der Waals surface area contributed by atoms with Gasteiger partial charge in [0.1, 0.15) is 6.23 Å². The summed E-state index contributed by atoms with van der Waals surface area (Å²) in [6.07, 6.45) is -0.472. The van der Waals surface area contributed by atoms with Crippen molar-refractivity contribution in [2.45, 2.75) is 12.6 Å². The highest BCUT2D eigenvalue weighted by Gasteiger charge is 2.34. The highest BCUT2D eigenvalue weighted by molar-refractivity contribution is 6.30. The molecule has 0 bridgehead atoms. The van der Waals surface area contributed by atoms with Crippen molar-refractivity contribution >= 4 is 23.3 Å². The van der Waals surface area contributed by atoms with Crippen LogP contribution >= 0.6 is 11.6 Å². The number of anilines is 1. The second kappa shape index (κ2) is 4.31. The molecule has 0 radical (unpaired) electrons. The molecule has 0 aromatic heterocycles. The number of carbonyl (C=O) groups is 1. The van der Waals surface area contributed by atoms with Crippen LogP contribution in [0.2, 0.25) is 5.02 Å². The van der Waals surface area contributed by atoms with Gasteiger partial charge in [-0.2, -0.15) is 0 Å². The van der Waals surface area contributed by atoms with Crippen molar-refractivity contribution in [1.82, 2.24) is 0 Å². The summed E-state index contributed by atoms with van der Waals surface area (Å²) in [6, 6.07) is 6.99. The van der Waals surface area contributed by atoms with E-state index in [2.05, 4.69) is 0 Å². The second-order valence-corrected chi connectivity index (χ2v) is 4.32. The summed E-state index contributed by atoms with van der Waals surface area (Å²) in [5, 5.41) is 19.3. The number of aliphatic carboxylic acids is 1. The van der Waals surface area contributed by atoms with Crippen LogP contribution in [0.15, 0.2) is 24.3 Å². The fourth-order valence-electron chi connectivity index (χ4n) is 1.90. The highest BCUT2D eigenvalue weighted by Crippen LogP contribution is 2.28. The van der Waals surface area contributed by atoms with E-state index >= 15 is 0 Å². The van der Waals surface area contributed by atoms with Crippen LogP contribution < -0.4 is 4.90 Å². The summed E-state index contributed by atoms with van der Waals surface area (Å²) in [6.45, 7) is 0.331. The third kappa shape index (κ3) is 2.13. The Morgan fingerprint density at radius 2 is 2.00 bits per heavy atom. The molecule has 0 amide bonds. The molecule has 1 fully saturated rings. The van der Waals surface area contributed by atoms with Crippen molar-refractivity contribution in [1.29, 1.82) is 0 Å². The third-order valence-electron chi connectivity index (χ3n) is 2.78. The molecule has 86 valence electrons. The van der Waals surface area contributed by atoms with Crippen LogP contribution in [0.25, 0.3) is 0 Å². The lowest BCUT2D eigenvalue weighted by molar-refractivity contribution is -0.141. The number of aliphatic hydroxyl groups excluding tert-OH is 1. The molecule has 0 spiro atoms. The number of aliphatic hydroxyl groups is 1. The average Bonchev–Trinajstić information content (AvgIpc) is 2.62. The van der Waals surface area contributed by atoms with E-state index in [0.29, 0.717) is 11.6 Å². The van der Waals surface area contributed by atoms with Gasteiger partial charge in [0, 0.05) is 23.7 Å². The first-order chi connectivity index (χ1) is 7.58. The summed E-state index contributed by atoms with van der Waals surface area (Å²) < 4.78 is 0. The molecule has 2 unspecified atom stereocenters. The molecule has 0 saturated carbocycles. The number of benzene rings is 1. The summed E-state index contributed by atoms with van der Waals surface area (Å²) in [7, 11) is 0. The van der Waals surface area contributed by atoms with Gasteiger partial charge in [0.25, 0.3) is 0 Å². The number of halogens is 1. The SMILES string of the molecule is O=C(O)C1CC(O)N(c2ccc(Cl)cc2)C1. The first-order valence-corrected chi connectivity index (χ1v) is 5.39. The van der Waals surface area contributed by atoms with Crippen LogP contribution in [0.1, 0.15) is 6.42 Å². The van der Waals surface area contributed by atoms with Gasteiger partial charge in [-0.3, -0.25) is 4.79 Å². The number of carboxylic acids is 1. The minimum absolute atomic E-state index is 0.262. The van der Waals surface area contributed by atoms with E-state index in [-0.39, 0.29) is 6.42 Å². The van der Waals surface area contributed by atoms with Crippen molar-refractivity contribution in [2.24, 2.45) is 5.92 Å². The van der Waals surface area contributed by atoms with Gasteiger partial charge >= 0.3 is 5.97 Å². The quantitative estimate of drug-likeness (QED) is 0.825. The standard InChI is InChI=1S/C11H12ClNO3/c12-8-1-3-9(4-2-8)13-6-7(11(15)16)5-10(13)14/h1-4,7,10,14H,5-6H2,(H,15,16). The van der Waals surface area contributed by atoms with Crippen LogP contribution in [-0.4, -0.2) is 29.0 Å². The smallest absolute Gasteiger partial charge is 0.308 e. The normalized spacial score (nSPS) is 24.8. The molecule has 1 aromatic rings. The van der Waals surface area contributed by atoms with Gasteiger partial charge in [0.2, 0.25) is 0 Å². The average molecular weight is 242 g/mol. The Hall–Kier alpha value is -1.26. The fraction of sp³-hybridized carbons (Fsp3) is 0.364. The number of rotatable bonds is 2. The summed E-state index contributed by atoms with van der Waals surface area (Å²) >= 11 is 5.76. The zero-order chi connectivity index (χ0) is 11.7. The molecule has 16 heavy (non-hydrogen) atoms. The minimum atomic E-state index is -0.865. The topological polar surface area (TPSA) is 60.8 Å². The van der Waals surface area contributed by atoms with Gasteiger partial charge in [0.05, 0.1) is 5.92 Å². The third-order valence-corrected chi connectivity index (χ3v) is 3.03. The Labute approximate surface area is 98.1 Å². The molecular weight excluding hydrogens is 230 g/mol. The van der Waals surface area contributed by atoms with Gasteiger partial charge in [0.15, 0.2) is 0 Å². The zero-order valence-electron chi connectivity index (χ0n) is 8.51. The molecule has 1 aliphatic rings. The van der Waals surface area contributed by atoms with E-state index in [9.17, 15) is 9.90 Å². The lowest BCUT2D eigenvalue weighted by Gasteiger charge is -2.22. The Morgan fingerprint density at radius 1 is 1.38 bits per heavy atom. The number of hydrogen-bond acceptors (Lipinski definition) is 3. The largest absolute Gasteiger partial charge is 0.481 e. The molecule has 2 atom stereocenters. The molecule has 4 nitrogen and oxygen atoms in total. The minimum Gasteiger partial charge on any atom is -0.481 e. The van der Waals surface area contributed by atoms with Crippen LogP contribution in [-0.2, 0) is 4.79 Å². The van der Waals surface area contributed by atoms with E-state index in [4.69, 9.17) is 16.7 Å². The summed E-state index contributed by atoms with van der Waals surface area (Å²) in [5.74, 6) is -1.37. The first kappa shape index (κ1) is 11.2. The maximum atomic E-state index is 10.8. The van der Waals surface area contributed by atoms with E-state index < -0.39 is 18.1 Å². The Balaban J connectivity index is 2.16. The number of carboxylic acid groups (broad SMARTS) is 1. The molecule has 2 N–H and O–H groups in total. The summed E-state index contributed by atoms with van der Waals surface area (Å²) in [4.78, 5) is 12.5. The maximum Gasteiger partial charge on any atom is 0.308 e. The monoisotopic (exact) mass is 241 g/mol. The van der Waals surface area contributed by atoms with Crippen LogP contribution in [0, 0.1) is 5.92 Å². The summed E-state index contributed by atoms with van der Waals surface area (Å²) in [5.41, 5.74) is 0.792. The van der Waals surface area contributed by atoms with Crippen molar-refractivity contribution in [3.63, 3.8) is 0 Å². The number of hydrogen-bond donors (Lipinski definition) is 2. The molecule has 1 aromatic carbocycles. The van der Waals surface area contributed by atoms with Gasteiger partial charge in [-0.25, -0.2) is 0 Å². The Bertz CT molecular complexity index is 393. The predicted octanol–water partition coefficient (Wildman–Crippen LogP) is 1.57. The molecule has 1 heterocycles. The fourth-order valence-corrected chi connectivity index (χ4v) is 2.03. The van der Waals surface area contributed by atoms with Gasteiger partial charge in [-0.1, -0.05) is 11.6 Å². The second-order valence-electron chi connectivity index (χ2n) is 3.88. The lowest BCUT2D eigenvalue weighted by atomic mass is 10.1. The molecule has 1 aliphatic heterocycles. The van der Waals surface area contributed by atoms with Gasteiger partial charge in [-0.15, -0.1) is 0 Å². The maximum absolute atomic E-state index is 10.8. The van der Waals surface area contributed by atoms with E-state index in [1.165, 1.54) is 0 Å². The molecule has 5 heteroatoms. The first-order valence-electron chi connectivity index (χ1n) is 5.01. The Morgan fingerprint density at radius 3 is 2.50 bits per heavy atom. The zero-order valence-corrected chi connectivity index (χ0v) is 9.26. The van der Waals surface area contributed by atoms with E-state index in [1.807, 2.05) is 0 Å². The van der Waals surface area contributed by atoms with Crippen LogP contribution in [0.4, 0.5) is 5.69 Å². The Kier molecular flexibility index (Phi) is 3.03. The number of nitrogens with zero attached hydrogens (tertiary/aromatic N) is 1.